The number of nitrogens with one attached hydrogen (secondary N) is 2. The molecular formula is C11H21N3O. The van der Waals surface area contributed by atoms with Gasteiger partial charge in [0.2, 0.25) is 5.91 Å². The molecule has 86 valence electrons. The van der Waals surface area contributed by atoms with Gasteiger partial charge in [-0.25, -0.2) is 0 Å². The van der Waals surface area contributed by atoms with Crippen molar-refractivity contribution < 1.29 is 4.79 Å². The minimum absolute atomic E-state index is 0.182. The summed E-state index contributed by atoms with van der Waals surface area (Å²) < 4.78 is 0. The first-order valence-electron chi connectivity index (χ1n) is 5.99. The smallest absolute Gasteiger partial charge is 0.234 e. The molecule has 0 aromatic heterocycles. The molecule has 0 radical (unpaired) electrons. The zero-order chi connectivity index (χ0) is 10.7. The van der Waals surface area contributed by atoms with Crippen molar-refractivity contribution >= 4 is 5.91 Å². The fourth-order valence-electron chi connectivity index (χ4n) is 2.63. The molecule has 4 nitrogen and oxygen atoms in total. The van der Waals surface area contributed by atoms with Crippen LogP contribution >= 0.6 is 0 Å². The van der Waals surface area contributed by atoms with Gasteiger partial charge in [-0.2, -0.15) is 0 Å². The van der Waals surface area contributed by atoms with E-state index in [1.54, 1.807) is 0 Å². The Morgan fingerprint density at radius 2 is 2.07 bits per heavy atom. The van der Waals surface area contributed by atoms with Crippen molar-refractivity contribution in [3.63, 3.8) is 0 Å². The molecule has 0 spiro atoms. The van der Waals surface area contributed by atoms with Crippen LogP contribution in [-0.4, -0.2) is 49.6 Å². The quantitative estimate of drug-likeness (QED) is 0.665. The third-order valence-electron chi connectivity index (χ3n) is 3.71. The van der Waals surface area contributed by atoms with Crippen LogP contribution in [0.15, 0.2) is 0 Å². The Morgan fingerprint density at radius 3 is 2.73 bits per heavy atom. The number of hydrogen-bond donors (Lipinski definition) is 2. The lowest BCUT2D eigenvalue weighted by molar-refractivity contribution is -0.125. The normalized spacial score (nSPS) is 27.4. The third-order valence-corrected chi connectivity index (χ3v) is 3.71. The first-order chi connectivity index (χ1) is 7.27. The SMILES string of the molecule is CC(C1CCNCC1)N1CCNC(=O)C1. The molecule has 2 aliphatic rings. The Labute approximate surface area is 91.4 Å². The maximum Gasteiger partial charge on any atom is 0.234 e. The number of carbonyl (C=O) groups is 1. The molecule has 2 saturated heterocycles. The molecule has 2 N–H and O–H groups in total. The minimum Gasteiger partial charge on any atom is -0.354 e. The molecule has 15 heavy (non-hydrogen) atoms. The number of hydrogen-bond acceptors (Lipinski definition) is 3. The average Bonchev–Trinajstić information content (AvgIpc) is 2.29. The fraction of sp³-hybridized carbons (Fsp3) is 0.909. The van der Waals surface area contributed by atoms with Crippen molar-refractivity contribution in [2.24, 2.45) is 5.92 Å². The van der Waals surface area contributed by atoms with Crippen LogP contribution in [0.4, 0.5) is 0 Å². The first-order valence-corrected chi connectivity index (χ1v) is 5.99. The van der Waals surface area contributed by atoms with Gasteiger partial charge in [-0.1, -0.05) is 0 Å². The van der Waals surface area contributed by atoms with Crippen LogP contribution < -0.4 is 10.6 Å². The molecule has 2 aliphatic heterocycles. The van der Waals surface area contributed by atoms with Gasteiger partial charge in [0.1, 0.15) is 0 Å². The molecule has 0 bridgehead atoms. The summed E-state index contributed by atoms with van der Waals surface area (Å²) >= 11 is 0. The summed E-state index contributed by atoms with van der Waals surface area (Å²) in [4.78, 5) is 13.6. The summed E-state index contributed by atoms with van der Waals surface area (Å²) in [7, 11) is 0. The van der Waals surface area contributed by atoms with Crippen molar-refractivity contribution in [1.29, 1.82) is 0 Å². The van der Waals surface area contributed by atoms with Gasteiger partial charge in [0.25, 0.3) is 0 Å². The van der Waals surface area contributed by atoms with Gasteiger partial charge in [0, 0.05) is 19.1 Å². The first kappa shape index (κ1) is 10.9. The van der Waals surface area contributed by atoms with Crippen LogP contribution in [0.1, 0.15) is 19.8 Å². The zero-order valence-electron chi connectivity index (χ0n) is 9.46. The zero-order valence-corrected chi connectivity index (χ0v) is 9.46. The molecular weight excluding hydrogens is 190 g/mol. The second-order valence-electron chi connectivity index (χ2n) is 4.65. The highest BCUT2D eigenvalue weighted by atomic mass is 16.2. The summed E-state index contributed by atoms with van der Waals surface area (Å²) in [5, 5.41) is 6.26. The molecule has 0 aliphatic carbocycles. The lowest BCUT2D eigenvalue weighted by atomic mass is 9.90. The lowest BCUT2D eigenvalue weighted by Crippen LogP contribution is -2.53. The van der Waals surface area contributed by atoms with E-state index in [0.29, 0.717) is 12.6 Å². The molecule has 2 rings (SSSR count). The molecule has 4 heteroatoms. The van der Waals surface area contributed by atoms with Gasteiger partial charge < -0.3 is 10.6 Å². The molecule has 0 aromatic rings. The predicted octanol–water partition coefficient (Wildman–Crippen LogP) is -0.194. The monoisotopic (exact) mass is 211 g/mol. The molecule has 1 unspecified atom stereocenters. The molecule has 1 amide bonds. The summed E-state index contributed by atoms with van der Waals surface area (Å²) in [6.07, 6.45) is 2.50. The standard InChI is InChI=1S/C11H21N3O/c1-9(10-2-4-12-5-3-10)14-7-6-13-11(15)8-14/h9-10,12H,2-8H2,1H3,(H,13,15). The summed E-state index contributed by atoms with van der Waals surface area (Å²) in [5.74, 6) is 0.944. The van der Waals surface area contributed by atoms with Crippen LogP contribution in [0.3, 0.4) is 0 Å². The summed E-state index contributed by atoms with van der Waals surface area (Å²) in [5.41, 5.74) is 0. The van der Waals surface area contributed by atoms with E-state index in [1.807, 2.05) is 0 Å². The number of nitrogens with zero attached hydrogens (tertiary/aromatic N) is 1. The van der Waals surface area contributed by atoms with Crippen molar-refractivity contribution in [1.82, 2.24) is 15.5 Å². The Morgan fingerprint density at radius 1 is 1.33 bits per heavy atom. The molecule has 2 fully saturated rings. The van der Waals surface area contributed by atoms with Crippen LogP contribution in [0.5, 0.6) is 0 Å². The highest BCUT2D eigenvalue weighted by Gasteiger charge is 2.27. The minimum atomic E-state index is 0.182. The predicted molar refractivity (Wildman–Crippen MR) is 59.6 cm³/mol. The highest BCUT2D eigenvalue weighted by Crippen LogP contribution is 2.20. The van der Waals surface area contributed by atoms with E-state index in [1.165, 1.54) is 12.8 Å². The maximum absolute atomic E-state index is 11.3. The van der Waals surface area contributed by atoms with E-state index in [4.69, 9.17) is 0 Å². The number of rotatable bonds is 2. The molecule has 0 aromatic carbocycles. The van der Waals surface area contributed by atoms with Crippen LogP contribution in [0, 0.1) is 5.92 Å². The molecule has 0 saturated carbocycles. The van der Waals surface area contributed by atoms with Gasteiger partial charge >= 0.3 is 0 Å². The van der Waals surface area contributed by atoms with Gasteiger partial charge in [-0.05, 0) is 38.8 Å². The average molecular weight is 211 g/mol. The Balaban J connectivity index is 1.87. The van der Waals surface area contributed by atoms with E-state index in [9.17, 15) is 4.79 Å². The number of carbonyl (C=O) groups excluding carboxylic acids is 1. The highest BCUT2D eigenvalue weighted by molar-refractivity contribution is 5.78. The number of piperidine rings is 1. The van der Waals surface area contributed by atoms with Crippen LogP contribution in [-0.2, 0) is 4.79 Å². The van der Waals surface area contributed by atoms with Gasteiger partial charge in [0.15, 0.2) is 0 Å². The Bertz CT molecular complexity index is 226. The van der Waals surface area contributed by atoms with Crippen molar-refractivity contribution in [3.05, 3.63) is 0 Å². The van der Waals surface area contributed by atoms with E-state index in [2.05, 4.69) is 22.5 Å². The van der Waals surface area contributed by atoms with Crippen molar-refractivity contribution in [2.75, 3.05) is 32.7 Å². The number of piperazine rings is 1. The lowest BCUT2D eigenvalue weighted by Gasteiger charge is -2.38. The Kier molecular flexibility index (Phi) is 3.59. The second-order valence-corrected chi connectivity index (χ2v) is 4.65. The second kappa shape index (κ2) is 4.94. The van der Waals surface area contributed by atoms with Gasteiger partial charge in [0.05, 0.1) is 6.54 Å². The van der Waals surface area contributed by atoms with Gasteiger partial charge in [-0.15, -0.1) is 0 Å². The van der Waals surface area contributed by atoms with Crippen molar-refractivity contribution in [2.45, 2.75) is 25.8 Å². The largest absolute Gasteiger partial charge is 0.354 e. The van der Waals surface area contributed by atoms with Gasteiger partial charge in [-0.3, -0.25) is 9.69 Å². The van der Waals surface area contributed by atoms with E-state index < -0.39 is 0 Å². The topological polar surface area (TPSA) is 44.4 Å². The van der Waals surface area contributed by atoms with Crippen molar-refractivity contribution in [3.8, 4) is 0 Å². The summed E-state index contributed by atoms with van der Waals surface area (Å²) in [6.45, 7) is 6.95. The molecule has 2 heterocycles. The fourth-order valence-corrected chi connectivity index (χ4v) is 2.63. The van der Waals surface area contributed by atoms with E-state index in [0.717, 1.165) is 32.1 Å². The van der Waals surface area contributed by atoms with Crippen LogP contribution in [0.2, 0.25) is 0 Å². The van der Waals surface area contributed by atoms with E-state index in [-0.39, 0.29) is 5.91 Å². The molecule has 1 atom stereocenters. The third kappa shape index (κ3) is 2.69. The Hall–Kier alpha value is -0.610. The van der Waals surface area contributed by atoms with E-state index >= 15 is 0 Å². The van der Waals surface area contributed by atoms with Crippen LogP contribution in [0.25, 0.3) is 0 Å². The number of amides is 1. The maximum atomic E-state index is 11.3. The summed E-state index contributed by atoms with van der Waals surface area (Å²) in [6, 6.07) is 0.554.